The van der Waals surface area contributed by atoms with E-state index >= 15 is 0 Å². The summed E-state index contributed by atoms with van der Waals surface area (Å²) in [6.45, 7) is 7.34. The van der Waals surface area contributed by atoms with Gasteiger partial charge in [-0.2, -0.15) is 10.2 Å². The Morgan fingerprint density at radius 2 is 2.12 bits per heavy atom. The molecule has 0 saturated carbocycles. The lowest BCUT2D eigenvalue weighted by Crippen LogP contribution is -2.34. The summed E-state index contributed by atoms with van der Waals surface area (Å²) in [5, 5.41) is 10.1. The van der Waals surface area contributed by atoms with Crippen LogP contribution in [0.4, 0.5) is 4.79 Å². The summed E-state index contributed by atoms with van der Waals surface area (Å²) in [7, 11) is 0. The van der Waals surface area contributed by atoms with Gasteiger partial charge in [-0.25, -0.2) is 4.79 Å². The molecule has 0 aliphatic heterocycles. The lowest BCUT2D eigenvalue weighted by molar-refractivity contribution is 0.0508. The quantitative estimate of drug-likeness (QED) is 0.833. The van der Waals surface area contributed by atoms with Crippen LogP contribution < -0.4 is 5.32 Å². The largest absolute Gasteiger partial charge is 0.444 e. The number of ether oxygens (including phenoxy) is 1. The molecule has 1 rings (SSSR count). The molecular weight excluding hydrogens is 206 g/mol. The average molecular weight is 223 g/mol. The zero-order chi connectivity index (χ0) is 12.2. The van der Waals surface area contributed by atoms with E-state index in [9.17, 15) is 4.79 Å². The van der Waals surface area contributed by atoms with E-state index in [-0.39, 0.29) is 6.04 Å². The molecule has 0 aliphatic rings. The molecule has 5 heteroatoms. The highest BCUT2D eigenvalue weighted by Gasteiger charge is 2.18. The van der Waals surface area contributed by atoms with Gasteiger partial charge in [0, 0.05) is 6.20 Å². The Labute approximate surface area is 95.2 Å². The fourth-order valence-electron chi connectivity index (χ4n) is 1.12. The Bertz CT molecular complexity index is 346. The molecule has 0 aliphatic carbocycles. The summed E-state index contributed by atoms with van der Waals surface area (Å²) in [5.41, 5.74) is 0.404. The number of aromatic nitrogens is 2. The molecule has 5 nitrogen and oxygen atoms in total. The lowest BCUT2D eigenvalue weighted by atomic mass is 10.1. The standard InChI is InChI=1S/C11H17N3O2/c1-8(9-5-6-12-13-7-9)14-10(15)16-11(2,3)4/h5-8H,1-4H3,(H,14,15)/t8-/m1/s1. The van der Waals surface area contributed by atoms with Gasteiger partial charge in [0.1, 0.15) is 5.60 Å². The summed E-state index contributed by atoms with van der Waals surface area (Å²) < 4.78 is 5.14. The van der Waals surface area contributed by atoms with Gasteiger partial charge in [0.15, 0.2) is 0 Å². The van der Waals surface area contributed by atoms with Gasteiger partial charge in [-0.3, -0.25) is 0 Å². The molecule has 1 atom stereocenters. The van der Waals surface area contributed by atoms with Crippen molar-refractivity contribution >= 4 is 6.09 Å². The molecule has 0 radical (unpaired) electrons. The molecule has 88 valence electrons. The van der Waals surface area contributed by atoms with E-state index in [1.807, 2.05) is 27.7 Å². The Hall–Kier alpha value is -1.65. The topological polar surface area (TPSA) is 64.1 Å². The monoisotopic (exact) mass is 223 g/mol. The lowest BCUT2D eigenvalue weighted by Gasteiger charge is -2.21. The second-order valence-corrected chi connectivity index (χ2v) is 4.54. The number of carbonyl (C=O) groups is 1. The van der Waals surface area contributed by atoms with Gasteiger partial charge in [-0.05, 0) is 39.3 Å². The van der Waals surface area contributed by atoms with E-state index in [4.69, 9.17) is 4.74 Å². The predicted molar refractivity (Wildman–Crippen MR) is 59.8 cm³/mol. The minimum atomic E-state index is -0.486. The first kappa shape index (κ1) is 12.4. The zero-order valence-electron chi connectivity index (χ0n) is 10.0. The number of amides is 1. The highest BCUT2D eigenvalue weighted by atomic mass is 16.6. The van der Waals surface area contributed by atoms with Gasteiger partial charge in [0.05, 0.1) is 12.2 Å². The van der Waals surface area contributed by atoms with Gasteiger partial charge in [-0.15, -0.1) is 0 Å². The van der Waals surface area contributed by atoms with Gasteiger partial charge in [0.25, 0.3) is 0 Å². The van der Waals surface area contributed by atoms with Crippen LogP contribution in [0.3, 0.4) is 0 Å². The van der Waals surface area contributed by atoms with Gasteiger partial charge in [-0.1, -0.05) is 0 Å². The number of carbonyl (C=O) groups excluding carboxylic acids is 1. The third-order valence-electron chi connectivity index (χ3n) is 1.84. The van der Waals surface area contributed by atoms with Crippen LogP contribution >= 0.6 is 0 Å². The van der Waals surface area contributed by atoms with E-state index in [2.05, 4.69) is 15.5 Å². The number of rotatable bonds is 2. The van der Waals surface area contributed by atoms with Crippen molar-refractivity contribution < 1.29 is 9.53 Å². The highest BCUT2D eigenvalue weighted by Crippen LogP contribution is 2.12. The number of hydrogen-bond acceptors (Lipinski definition) is 4. The molecule has 0 spiro atoms. The van der Waals surface area contributed by atoms with Crippen LogP contribution in [0, 0.1) is 0 Å². The minimum absolute atomic E-state index is 0.148. The number of nitrogens with zero attached hydrogens (tertiary/aromatic N) is 2. The Balaban J connectivity index is 2.52. The summed E-state index contributed by atoms with van der Waals surface area (Å²) in [5.74, 6) is 0. The maximum atomic E-state index is 11.5. The van der Waals surface area contributed by atoms with Crippen molar-refractivity contribution in [2.24, 2.45) is 0 Å². The van der Waals surface area contributed by atoms with Gasteiger partial charge >= 0.3 is 6.09 Å². The molecule has 1 aromatic rings. The molecule has 0 fully saturated rings. The minimum Gasteiger partial charge on any atom is -0.444 e. The second kappa shape index (κ2) is 4.92. The van der Waals surface area contributed by atoms with Crippen molar-refractivity contribution in [3.63, 3.8) is 0 Å². The summed E-state index contributed by atoms with van der Waals surface area (Å²) >= 11 is 0. The summed E-state index contributed by atoms with van der Waals surface area (Å²) in [4.78, 5) is 11.5. The number of hydrogen-bond donors (Lipinski definition) is 1. The van der Waals surface area contributed by atoms with Crippen LogP contribution in [0.2, 0.25) is 0 Å². The fourth-order valence-corrected chi connectivity index (χ4v) is 1.12. The summed E-state index contributed by atoms with van der Waals surface area (Å²) in [6, 6.07) is 1.65. The second-order valence-electron chi connectivity index (χ2n) is 4.54. The van der Waals surface area contributed by atoms with Crippen LogP contribution in [-0.4, -0.2) is 21.9 Å². The predicted octanol–water partition coefficient (Wildman–Crippen LogP) is 2.06. The molecule has 0 saturated heterocycles. The van der Waals surface area contributed by atoms with E-state index in [1.165, 1.54) is 0 Å². The molecule has 1 heterocycles. The maximum Gasteiger partial charge on any atom is 0.408 e. The molecule has 1 N–H and O–H groups in total. The molecule has 16 heavy (non-hydrogen) atoms. The smallest absolute Gasteiger partial charge is 0.408 e. The highest BCUT2D eigenvalue weighted by molar-refractivity contribution is 5.68. The fraction of sp³-hybridized carbons (Fsp3) is 0.545. The molecule has 1 aromatic heterocycles. The van der Waals surface area contributed by atoms with Crippen molar-refractivity contribution in [2.45, 2.75) is 39.3 Å². The third-order valence-corrected chi connectivity index (χ3v) is 1.84. The van der Waals surface area contributed by atoms with Crippen molar-refractivity contribution in [2.75, 3.05) is 0 Å². The van der Waals surface area contributed by atoms with Crippen molar-refractivity contribution in [3.8, 4) is 0 Å². The molecule has 0 bridgehead atoms. The Morgan fingerprint density at radius 1 is 1.44 bits per heavy atom. The molecular formula is C11H17N3O2. The SMILES string of the molecule is C[C@@H](NC(=O)OC(C)(C)C)c1ccnnc1. The Morgan fingerprint density at radius 3 is 2.62 bits per heavy atom. The van der Waals surface area contributed by atoms with Crippen LogP contribution in [0.25, 0.3) is 0 Å². The zero-order valence-corrected chi connectivity index (χ0v) is 10.0. The van der Waals surface area contributed by atoms with Gasteiger partial charge < -0.3 is 10.1 Å². The summed E-state index contributed by atoms with van der Waals surface area (Å²) in [6.07, 6.45) is 2.77. The van der Waals surface area contributed by atoms with Crippen molar-refractivity contribution in [1.29, 1.82) is 0 Å². The number of alkyl carbamates (subject to hydrolysis) is 1. The normalized spacial score (nSPS) is 13.0. The Kier molecular flexibility index (Phi) is 3.82. The van der Waals surface area contributed by atoms with Crippen LogP contribution in [0.15, 0.2) is 18.5 Å². The van der Waals surface area contributed by atoms with Crippen molar-refractivity contribution in [3.05, 3.63) is 24.0 Å². The molecule has 0 unspecified atom stereocenters. The van der Waals surface area contributed by atoms with Crippen LogP contribution in [-0.2, 0) is 4.74 Å². The first-order valence-electron chi connectivity index (χ1n) is 5.14. The molecule has 0 aromatic carbocycles. The first-order valence-corrected chi connectivity index (χ1v) is 5.14. The molecule has 1 amide bonds. The van der Waals surface area contributed by atoms with E-state index < -0.39 is 11.7 Å². The first-order chi connectivity index (χ1) is 7.38. The maximum absolute atomic E-state index is 11.5. The van der Waals surface area contributed by atoms with Crippen LogP contribution in [0.1, 0.15) is 39.3 Å². The van der Waals surface area contributed by atoms with Crippen LogP contribution in [0.5, 0.6) is 0 Å². The third kappa shape index (κ3) is 4.25. The van der Waals surface area contributed by atoms with E-state index in [0.717, 1.165) is 5.56 Å². The average Bonchev–Trinajstić information content (AvgIpc) is 2.16. The van der Waals surface area contributed by atoms with Crippen molar-refractivity contribution in [1.82, 2.24) is 15.5 Å². The van der Waals surface area contributed by atoms with E-state index in [0.29, 0.717) is 0 Å². The number of nitrogens with one attached hydrogen (secondary N) is 1. The van der Waals surface area contributed by atoms with E-state index in [1.54, 1.807) is 18.5 Å². The van der Waals surface area contributed by atoms with Gasteiger partial charge in [0.2, 0.25) is 0 Å².